The average molecular weight is 462 g/mol. The molecule has 0 aliphatic heterocycles. The van der Waals surface area contributed by atoms with Gasteiger partial charge in [0.25, 0.3) is 5.56 Å². The van der Waals surface area contributed by atoms with Gasteiger partial charge in [-0.2, -0.15) is 0 Å². The third-order valence-corrected chi connectivity index (χ3v) is 5.70. The highest BCUT2D eigenvalue weighted by Crippen LogP contribution is 2.25. The summed E-state index contributed by atoms with van der Waals surface area (Å²) >= 11 is 7.01. The Balaban J connectivity index is 1.98. The van der Waals surface area contributed by atoms with Gasteiger partial charge < -0.3 is 5.32 Å². The predicted molar refractivity (Wildman–Crippen MR) is 124 cm³/mol. The van der Waals surface area contributed by atoms with Crippen molar-refractivity contribution in [3.05, 3.63) is 56.0 Å². The van der Waals surface area contributed by atoms with Gasteiger partial charge in [-0.25, -0.2) is 14.8 Å². The summed E-state index contributed by atoms with van der Waals surface area (Å²) in [5.41, 5.74) is -0.159. The van der Waals surface area contributed by atoms with E-state index in [2.05, 4.69) is 36.1 Å². The number of thioether (sulfide) groups is 1. The molecular weight excluding hydrogens is 438 g/mol. The van der Waals surface area contributed by atoms with Crippen LogP contribution in [0.15, 0.2) is 38.9 Å². The number of anilines is 1. The Morgan fingerprint density at radius 2 is 1.74 bits per heavy atom. The molecule has 0 aliphatic rings. The second-order valence-electron chi connectivity index (χ2n) is 8.43. The van der Waals surface area contributed by atoms with Gasteiger partial charge in [0.15, 0.2) is 5.65 Å². The van der Waals surface area contributed by atoms with Gasteiger partial charge in [0, 0.05) is 31.2 Å². The van der Waals surface area contributed by atoms with E-state index >= 15 is 0 Å². The number of benzene rings is 1. The molecule has 31 heavy (non-hydrogen) atoms. The largest absolute Gasteiger partial charge is 0.332 e. The SMILES string of the molecule is Cn1c(=O)c2c(SCC(=O)Nc3ccc(Cl)cc3)nc(CC(C)(C)C)nc2n(C)c1=O. The van der Waals surface area contributed by atoms with Crippen LogP contribution < -0.4 is 16.6 Å². The van der Waals surface area contributed by atoms with Gasteiger partial charge >= 0.3 is 5.69 Å². The van der Waals surface area contributed by atoms with Crippen LogP contribution in [-0.4, -0.2) is 30.8 Å². The average Bonchev–Trinajstić information content (AvgIpc) is 2.69. The number of halogens is 1. The molecule has 0 bridgehead atoms. The molecule has 0 saturated carbocycles. The molecule has 3 aromatic rings. The zero-order chi connectivity index (χ0) is 22.9. The molecule has 2 aromatic heterocycles. The Hall–Kier alpha value is -2.65. The third kappa shape index (κ3) is 5.34. The third-order valence-electron chi connectivity index (χ3n) is 4.47. The first kappa shape index (κ1) is 23.0. The van der Waals surface area contributed by atoms with Gasteiger partial charge in [-0.05, 0) is 29.7 Å². The number of rotatable bonds is 5. The van der Waals surface area contributed by atoms with E-state index in [0.29, 0.717) is 28.0 Å². The van der Waals surface area contributed by atoms with E-state index in [-0.39, 0.29) is 28.1 Å². The van der Waals surface area contributed by atoms with Crippen LogP contribution in [0.3, 0.4) is 0 Å². The van der Waals surface area contributed by atoms with Crippen LogP contribution in [0, 0.1) is 5.41 Å². The summed E-state index contributed by atoms with van der Waals surface area (Å²) in [7, 11) is 2.98. The van der Waals surface area contributed by atoms with Crippen molar-refractivity contribution in [3.63, 3.8) is 0 Å². The van der Waals surface area contributed by atoms with Crippen molar-refractivity contribution >= 4 is 46.0 Å². The highest BCUT2D eigenvalue weighted by atomic mass is 35.5. The van der Waals surface area contributed by atoms with Gasteiger partial charge in [-0.15, -0.1) is 0 Å². The van der Waals surface area contributed by atoms with E-state index in [1.807, 2.05) is 0 Å². The minimum atomic E-state index is -0.485. The van der Waals surface area contributed by atoms with Crippen LogP contribution >= 0.6 is 23.4 Å². The molecule has 8 nitrogen and oxygen atoms in total. The molecule has 1 N–H and O–H groups in total. The predicted octanol–water partition coefficient (Wildman–Crippen LogP) is 3.00. The zero-order valence-corrected chi connectivity index (χ0v) is 19.6. The van der Waals surface area contributed by atoms with E-state index in [0.717, 1.165) is 16.3 Å². The van der Waals surface area contributed by atoms with Crippen molar-refractivity contribution in [2.75, 3.05) is 11.1 Å². The van der Waals surface area contributed by atoms with Gasteiger partial charge in [0.2, 0.25) is 5.91 Å². The van der Waals surface area contributed by atoms with Gasteiger partial charge in [-0.1, -0.05) is 44.1 Å². The summed E-state index contributed by atoms with van der Waals surface area (Å²) < 4.78 is 2.36. The number of amides is 1. The van der Waals surface area contributed by atoms with Crippen molar-refractivity contribution in [3.8, 4) is 0 Å². The first-order valence-corrected chi connectivity index (χ1v) is 11.0. The second kappa shape index (κ2) is 8.84. The van der Waals surface area contributed by atoms with Crippen molar-refractivity contribution in [2.45, 2.75) is 32.2 Å². The van der Waals surface area contributed by atoms with Crippen LogP contribution in [0.1, 0.15) is 26.6 Å². The van der Waals surface area contributed by atoms with Crippen LogP contribution in [0.2, 0.25) is 5.02 Å². The zero-order valence-electron chi connectivity index (χ0n) is 18.0. The summed E-state index contributed by atoms with van der Waals surface area (Å²) in [5, 5.41) is 3.97. The lowest BCUT2D eigenvalue weighted by molar-refractivity contribution is -0.113. The van der Waals surface area contributed by atoms with Crippen LogP contribution in [0.25, 0.3) is 11.0 Å². The normalized spacial score (nSPS) is 11.7. The first-order valence-electron chi connectivity index (χ1n) is 9.61. The van der Waals surface area contributed by atoms with Crippen molar-refractivity contribution in [1.29, 1.82) is 0 Å². The molecule has 10 heteroatoms. The molecule has 0 unspecified atom stereocenters. The molecule has 0 radical (unpaired) electrons. The molecule has 0 fully saturated rings. The molecule has 0 aliphatic carbocycles. The number of carbonyl (C=O) groups is 1. The number of aromatic nitrogens is 4. The van der Waals surface area contributed by atoms with E-state index in [1.54, 1.807) is 31.3 Å². The molecule has 1 aromatic carbocycles. The molecule has 0 saturated heterocycles. The summed E-state index contributed by atoms with van der Waals surface area (Å²) in [6.45, 7) is 6.15. The molecule has 0 spiro atoms. The fourth-order valence-corrected chi connectivity index (χ4v) is 3.95. The Labute approximate surface area is 188 Å². The Bertz CT molecular complexity index is 1260. The monoisotopic (exact) mass is 461 g/mol. The Kier molecular flexibility index (Phi) is 6.56. The molecule has 0 atom stereocenters. The van der Waals surface area contributed by atoms with E-state index < -0.39 is 11.2 Å². The molecular formula is C21H24ClN5O3S. The maximum Gasteiger partial charge on any atom is 0.332 e. The van der Waals surface area contributed by atoms with Gasteiger partial charge in [0.1, 0.15) is 16.2 Å². The van der Waals surface area contributed by atoms with E-state index in [4.69, 9.17) is 11.6 Å². The van der Waals surface area contributed by atoms with Crippen molar-refractivity contribution in [1.82, 2.24) is 19.1 Å². The van der Waals surface area contributed by atoms with Crippen LogP contribution in [0.4, 0.5) is 5.69 Å². The van der Waals surface area contributed by atoms with Crippen LogP contribution in [-0.2, 0) is 25.3 Å². The Morgan fingerprint density at radius 3 is 2.35 bits per heavy atom. The Morgan fingerprint density at radius 1 is 1.10 bits per heavy atom. The number of aryl methyl sites for hydroxylation is 1. The summed E-state index contributed by atoms with van der Waals surface area (Å²) in [6, 6.07) is 6.78. The van der Waals surface area contributed by atoms with E-state index in [1.165, 1.54) is 11.6 Å². The smallest absolute Gasteiger partial charge is 0.325 e. The number of carbonyl (C=O) groups excluding carboxylic acids is 1. The van der Waals surface area contributed by atoms with Gasteiger partial charge in [0.05, 0.1) is 5.75 Å². The quantitative estimate of drug-likeness (QED) is 0.463. The lowest BCUT2D eigenvalue weighted by Crippen LogP contribution is -2.38. The van der Waals surface area contributed by atoms with Gasteiger partial charge in [-0.3, -0.25) is 18.7 Å². The molecule has 164 valence electrons. The maximum atomic E-state index is 12.8. The fourth-order valence-electron chi connectivity index (χ4n) is 2.99. The van der Waals surface area contributed by atoms with Crippen LogP contribution in [0.5, 0.6) is 0 Å². The highest BCUT2D eigenvalue weighted by Gasteiger charge is 2.21. The minimum Gasteiger partial charge on any atom is -0.325 e. The standard InChI is InChI=1S/C21H24ClN5O3S/c1-21(2,3)10-14-24-17-16(19(29)27(5)20(30)26(17)4)18(25-14)31-11-15(28)23-13-8-6-12(22)7-9-13/h6-9H,10-11H2,1-5H3,(H,23,28). The summed E-state index contributed by atoms with van der Waals surface area (Å²) in [6.07, 6.45) is 0.552. The number of hydrogen-bond acceptors (Lipinski definition) is 6. The minimum absolute atomic E-state index is 0.0374. The maximum absolute atomic E-state index is 12.8. The molecule has 3 rings (SSSR count). The van der Waals surface area contributed by atoms with E-state index in [9.17, 15) is 14.4 Å². The number of fused-ring (bicyclic) bond motifs is 1. The van der Waals surface area contributed by atoms with Crippen molar-refractivity contribution < 1.29 is 4.79 Å². The number of nitrogens with one attached hydrogen (secondary N) is 1. The first-order chi connectivity index (χ1) is 14.5. The number of hydrogen-bond donors (Lipinski definition) is 1. The fraction of sp³-hybridized carbons (Fsp3) is 0.381. The molecule has 2 heterocycles. The lowest BCUT2D eigenvalue weighted by atomic mass is 9.92. The second-order valence-corrected chi connectivity index (χ2v) is 9.83. The van der Waals surface area contributed by atoms with Crippen molar-refractivity contribution in [2.24, 2.45) is 19.5 Å². The molecule has 1 amide bonds. The number of nitrogens with zero attached hydrogens (tertiary/aromatic N) is 4. The summed E-state index contributed by atoms with van der Waals surface area (Å²) in [5.74, 6) is 0.303. The topological polar surface area (TPSA) is 98.9 Å². The lowest BCUT2D eigenvalue weighted by Gasteiger charge is -2.18. The summed E-state index contributed by atoms with van der Waals surface area (Å²) in [4.78, 5) is 46.7. The highest BCUT2D eigenvalue weighted by molar-refractivity contribution is 8.00.